The summed E-state index contributed by atoms with van der Waals surface area (Å²) >= 11 is 0.365. The van der Waals surface area contributed by atoms with Gasteiger partial charge in [0.15, 0.2) is 0 Å². The number of nitrogens with zero attached hydrogens (tertiary/aromatic N) is 1. The van der Waals surface area contributed by atoms with Crippen LogP contribution in [0.4, 0.5) is 8.78 Å². The summed E-state index contributed by atoms with van der Waals surface area (Å²) in [5.74, 6) is -2.95. The zero-order valence-electron chi connectivity index (χ0n) is 10.6. The van der Waals surface area contributed by atoms with Crippen LogP contribution in [-0.2, 0) is 0 Å². The highest BCUT2D eigenvalue weighted by Gasteiger charge is 2.17. The molecule has 0 aliphatic heterocycles. The van der Waals surface area contributed by atoms with Gasteiger partial charge in [0, 0.05) is 16.7 Å². The fourth-order valence-corrected chi connectivity index (χ4v) is 2.35. The second kappa shape index (κ2) is 6.51. The van der Waals surface area contributed by atoms with E-state index in [1.807, 2.05) is 0 Å². The van der Waals surface area contributed by atoms with Gasteiger partial charge in [-0.2, -0.15) is 13.9 Å². The van der Waals surface area contributed by atoms with E-state index in [-0.39, 0.29) is 22.4 Å². The van der Waals surface area contributed by atoms with Crippen LogP contribution in [0.25, 0.3) is 0 Å². The van der Waals surface area contributed by atoms with E-state index in [0.29, 0.717) is 11.8 Å². The number of carbonyl (C=O) groups is 1. The predicted octanol–water partition coefficient (Wildman–Crippen LogP) is 3.22. The highest BCUT2D eigenvalue weighted by Crippen LogP contribution is 2.28. The predicted molar refractivity (Wildman–Crippen MR) is 72.8 cm³/mol. The molecule has 1 unspecified atom stereocenters. The Morgan fingerprint density at radius 1 is 1.40 bits per heavy atom. The molecule has 4 nitrogen and oxygen atoms in total. The molecule has 0 saturated carbocycles. The minimum Gasteiger partial charge on any atom is -0.345 e. The number of thioether (sulfide) groups is 1. The van der Waals surface area contributed by atoms with Crippen molar-refractivity contribution in [2.75, 3.05) is 0 Å². The molecule has 1 heterocycles. The third kappa shape index (κ3) is 3.57. The van der Waals surface area contributed by atoms with E-state index in [1.165, 1.54) is 12.1 Å². The molecule has 0 aliphatic carbocycles. The lowest BCUT2D eigenvalue weighted by atomic mass is 10.1. The number of amides is 1. The van der Waals surface area contributed by atoms with Gasteiger partial charge in [0.1, 0.15) is 0 Å². The summed E-state index contributed by atoms with van der Waals surface area (Å²) in [7, 11) is 0. The van der Waals surface area contributed by atoms with Crippen LogP contribution >= 0.6 is 11.8 Å². The molecule has 7 heteroatoms. The minimum absolute atomic E-state index is 0.244. The average Bonchev–Trinajstić information content (AvgIpc) is 2.92. The number of hydrogen-bond donors (Lipinski definition) is 2. The summed E-state index contributed by atoms with van der Waals surface area (Å²) in [5.41, 5.74) is 1.06. The number of H-pyrrole nitrogens is 1. The van der Waals surface area contributed by atoms with Crippen molar-refractivity contribution in [1.29, 1.82) is 0 Å². The van der Waals surface area contributed by atoms with Crippen LogP contribution in [-0.4, -0.2) is 21.9 Å². The van der Waals surface area contributed by atoms with Gasteiger partial charge in [0.25, 0.3) is 11.7 Å². The van der Waals surface area contributed by atoms with Crippen LogP contribution in [0.3, 0.4) is 0 Å². The van der Waals surface area contributed by atoms with Crippen molar-refractivity contribution >= 4 is 17.7 Å². The number of hydrogen-bond acceptors (Lipinski definition) is 3. The minimum atomic E-state index is -2.56. The SMILES string of the molecule is CC(NC(=O)c1ccccc1SC(F)F)c1cn[nH]c1. The van der Waals surface area contributed by atoms with Crippen molar-refractivity contribution in [3.05, 3.63) is 47.8 Å². The molecule has 0 spiro atoms. The van der Waals surface area contributed by atoms with Crippen LogP contribution in [0.1, 0.15) is 28.9 Å². The highest BCUT2D eigenvalue weighted by molar-refractivity contribution is 7.99. The third-order valence-corrected chi connectivity index (χ3v) is 3.50. The summed E-state index contributed by atoms with van der Waals surface area (Å²) in [6.07, 6.45) is 3.27. The number of nitrogens with one attached hydrogen (secondary N) is 2. The average molecular weight is 297 g/mol. The van der Waals surface area contributed by atoms with Gasteiger partial charge in [0.2, 0.25) is 0 Å². The molecule has 2 N–H and O–H groups in total. The lowest BCUT2D eigenvalue weighted by Gasteiger charge is -2.14. The monoisotopic (exact) mass is 297 g/mol. The van der Waals surface area contributed by atoms with Crippen LogP contribution in [0, 0.1) is 0 Å². The Hall–Kier alpha value is -1.89. The van der Waals surface area contributed by atoms with E-state index < -0.39 is 5.76 Å². The van der Waals surface area contributed by atoms with Gasteiger partial charge in [-0.1, -0.05) is 23.9 Å². The van der Waals surface area contributed by atoms with Crippen molar-refractivity contribution in [3.8, 4) is 0 Å². The fraction of sp³-hybridized carbons (Fsp3) is 0.231. The molecule has 0 radical (unpaired) electrons. The molecule has 1 aromatic carbocycles. The molecule has 1 atom stereocenters. The van der Waals surface area contributed by atoms with Crippen LogP contribution < -0.4 is 5.32 Å². The van der Waals surface area contributed by atoms with Crippen molar-refractivity contribution in [1.82, 2.24) is 15.5 Å². The van der Waals surface area contributed by atoms with E-state index in [0.717, 1.165) is 5.56 Å². The zero-order valence-corrected chi connectivity index (χ0v) is 11.5. The highest BCUT2D eigenvalue weighted by atomic mass is 32.2. The largest absolute Gasteiger partial charge is 0.345 e. The first kappa shape index (κ1) is 14.5. The molecule has 0 aliphatic rings. The second-order valence-electron chi connectivity index (χ2n) is 4.10. The van der Waals surface area contributed by atoms with E-state index >= 15 is 0 Å². The van der Waals surface area contributed by atoms with Crippen LogP contribution in [0.15, 0.2) is 41.6 Å². The maximum Gasteiger partial charge on any atom is 0.288 e. The Morgan fingerprint density at radius 2 is 2.15 bits per heavy atom. The Kier molecular flexibility index (Phi) is 4.73. The molecule has 1 amide bonds. The molecule has 0 fully saturated rings. The maximum absolute atomic E-state index is 12.5. The Labute approximate surface area is 119 Å². The lowest BCUT2D eigenvalue weighted by molar-refractivity contribution is 0.0937. The van der Waals surface area contributed by atoms with Crippen molar-refractivity contribution in [2.24, 2.45) is 0 Å². The van der Waals surface area contributed by atoms with E-state index in [2.05, 4.69) is 15.5 Å². The van der Waals surface area contributed by atoms with Gasteiger partial charge in [-0.15, -0.1) is 0 Å². The number of benzene rings is 1. The number of aromatic nitrogens is 2. The molecule has 2 rings (SSSR count). The van der Waals surface area contributed by atoms with Crippen molar-refractivity contribution in [2.45, 2.75) is 23.6 Å². The van der Waals surface area contributed by atoms with E-state index in [9.17, 15) is 13.6 Å². The normalized spacial score (nSPS) is 12.4. The van der Waals surface area contributed by atoms with Crippen molar-refractivity contribution in [3.63, 3.8) is 0 Å². The standard InChI is InChI=1S/C13H13F2N3OS/c1-8(9-6-16-17-7-9)18-12(19)10-4-2-3-5-11(10)20-13(14)15/h2-8,13H,1H3,(H,16,17)(H,18,19). The lowest BCUT2D eigenvalue weighted by Crippen LogP contribution is -2.26. The number of rotatable bonds is 5. The smallest absolute Gasteiger partial charge is 0.288 e. The van der Waals surface area contributed by atoms with Gasteiger partial charge in [0.05, 0.1) is 17.8 Å². The summed E-state index contributed by atoms with van der Waals surface area (Å²) < 4.78 is 24.9. The molecule has 0 saturated heterocycles. The number of halogens is 2. The molecule has 2 aromatic rings. The number of aromatic amines is 1. The van der Waals surface area contributed by atoms with Gasteiger partial charge in [-0.25, -0.2) is 0 Å². The fourth-order valence-electron chi connectivity index (χ4n) is 1.71. The molecule has 1 aromatic heterocycles. The van der Waals surface area contributed by atoms with Crippen LogP contribution in [0.5, 0.6) is 0 Å². The van der Waals surface area contributed by atoms with Gasteiger partial charge in [-0.05, 0) is 19.1 Å². The summed E-state index contributed by atoms with van der Waals surface area (Å²) in [6, 6.07) is 6.05. The zero-order chi connectivity index (χ0) is 14.5. The number of alkyl halides is 2. The third-order valence-electron chi connectivity index (χ3n) is 2.71. The summed E-state index contributed by atoms with van der Waals surface area (Å²) in [5, 5.41) is 9.21. The van der Waals surface area contributed by atoms with Gasteiger partial charge >= 0.3 is 0 Å². The first-order chi connectivity index (χ1) is 9.58. The Balaban J connectivity index is 2.13. The number of carbonyl (C=O) groups excluding carboxylic acids is 1. The summed E-state index contributed by atoms with van der Waals surface area (Å²) in [6.45, 7) is 1.80. The van der Waals surface area contributed by atoms with Crippen molar-refractivity contribution < 1.29 is 13.6 Å². The molecule has 106 valence electrons. The first-order valence-electron chi connectivity index (χ1n) is 5.91. The topological polar surface area (TPSA) is 57.8 Å². The van der Waals surface area contributed by atoms with Gasteiger partial charge < -0.3 is 5.32 Å². The Bertz CT molecular complexity index is 575. The quantitative estimate of drug-likeness (QED) is 0.833. The van der Waals surface area contributed by atoms with E-state index in [4.69, 9.17) is 0 Å². The van der Waals surface area contributed by atoms with Crippen LogP contribution in [0.2, 0.25) is 0 Å². The van der Waals surface area contributed by atoms with E-state index in [1.54, 1.807) is 31.5 Å². The molecular weight excluding hydrogens is 284 g/mol. The van der Waals surface area contributed by atoms with Gasteiger partial charge in [-0.3, -0.25) is 9.89 Å². The molecule has 0 bridgehead atoms. The maximum atomic E-state index is 12.5. The Morgan fingerprint density at radius 3 is 2.80 bits per heavy atom. The molecular formula is C13H13F2N3OS. The summed E-state index contributed by atoms with van der Waals surface area (Å²) in [4.78, 5) is 12.4. The molecule has 20 heavy (non-hydrogen) atoms. The first-order valence-corrected chi connectivity index (χ1v) is 6.79. The second-order valence-corrected chi connectivity index (χ2v) is 5.13.